The molecule has 1 aliphatic heterocycles. The summed E-state index contributed by atoms with van der Waals surface area (Å²) in [6, 6.07) is 26.6. The van der Waals surface area contributed by atoms with Gasteiger partial charge in [-0.1, -0.05) is 67.1 Å². The number of nitriles is 1. The number of carbonyl (C=O) groups is 1. The number of rotatable bonds is 8. The Kier molecular flexibility index (Phi) is 6.43. The Morgan fingerprint density at radius 2 is 1.86 bits per heavy atom. The predicted molar refractivity (Wildman–Crippen MR) is 138 cm³/mol. The van der Waals surface area contributed by atoms with Crippen LogP contribution in [0.15, 0.2) is 72.8 Å². The first kappa shape index (κ1) is 22.9. The molecule has 1 saturated carbocycles. The zero-order valence-electron chi connectivity index (χ0n) is 19.6. The van der Waals surface area contributed by atoms with E-state index in [1.807, 2.05) is 48.5 Å². The topological polar surface area (TPSA) is 97.2 Å². The van der Waals surface area contributed by atoms with Crippen molar-refractivity contribution < 1.29 is 9.90 Å². The van der Waals surface area contributed by atoms with Crippen LogP contribution < -0.4 is 16.0 Å². The number of benzene rings is 3. The minimum absolute atomic E-state index is 0.0492. The number of carboxylic acids is 1. The highest BCUT2D eigenvalue weighted by molar-refractivity contribution is 5.82. The summed E-state index contributed by atoms with van der Waals surface area (Å²) in [7, 11) is 0. The summed E-state index contributed by atoms with van der Waals surface area (Å²) in [5, 5.41) is 30.1. The number of fused-ring (bicyclic) bond motifs is 1. The molecule has 0 saturated heterocycles. The van der Waals surface area contributed by atoms with Crippen LogP contribution >= 0.6 is 0 Å². The second-order valence-corrected chi connectivity index (χ2v) is 9.50. The fraction of sp³-hybridized carbons (Fsp3) is 0.310. The summed E-state index contributed by atoms with van der Waals surface area (Å²) in [5.41, 5.74) is 5.05. The number of aliphatic carboxylic acids is 1. The fourth-order valence-corrected chi connectivity index (χ4v) is 5.28. The van der Waals surface area contributed by atoms with Crippen molar-refractivity contribution in [2.75, 3.05) is 23.7 Å². The molecule has 3 aromatic rings. The normalized spacial score (nSPS) is 18.7. The highest BCUT2D eigenvalue weighted by atomic mass is 16.4. The van der Waals surface area contributed by atoms with Gasteiger partial charge in [-0.15, -0.1) is 0 Å². The van der Waals surface area contributed by atoms with Crippen LogP contribution in [-0.4, -0.2) is 30.2 Å². The molecule has 0 bridgehead atoms. The van der Waals surface area contributed by atoms with Gasteiger partial charge in [-0.2, -0.15) is 5.26 Å². The molecule has 4 N–H and O–H groups in total. The van der Waals surface area contributed by atoms with Gasteiger partial charge in [0.05, 0.1) is 34.4 Å². The Labute approximate surface area is 206 Å². The van der Waals surface area contributed by atoms with Crippen LogP contribution in [0, 0.1) is 11.3 Å². The standard InChI is InChI=1S/C29H30N4O2/c30-18-22-8-4-9-24-27(22)33-25(19-32-24)26(21-6-2-1-3-7-21)31-17-14-20-10-12-23(13-11-20)29(28(34)35)15-5-16-29/h1-4,6-13,25-26,31-33H,5,14-17,19H2,(H,34,35)/t25-,26-/m1/s1. The van der Waals surface area contributed by atoms with E-state index < -0.39 is 11.4 Å². The average molecular weight is 467 g/mol. The van der Waals surface area contributed by atoms with Gasteiger partial charge in [0.1, 0.15) is 6.07 Å². The number of hydrogen-bond donors (Lipinski definition) is 4. The van der Waals surface area contributed by atoms with Crippen LogP contribution in [0.4, 0.5) is 11.4 Å². The SMILES string of the molecule is N#Cc1cccc2c1N[C@@H]([C@H](NCCc1ccc(C3(C(=O)O)CCC3)cc1)c1ccccc1)CN2. The van der Waals surface area contributed by atoms with Crippen LogP contribution in [-0.2, 0) is 16.6 Å². The van der Waals surface area contributed by atoms with Crippen molar-refractivity contribution in [3.63, 3.8) is 0 Å². The van der Waals surface area contributed by atoms with E-state index in [1.165, 1.54) is 11.1 Å². The van der Waals surface area contributed by atoms with E-state index in [1.54, 1.807) is 0 Å². The molecule has 2 atom stereocenters. The van der Waals surface area contributed by atoms with Crippen LogP contribution in [0.25, 0.3) is 0 Å². The van der Waals surface area contributed by atoms with Gasteiger partial charge in [-0.05, 0) is 54.6 Å². The fourth-order valence-electron chi connectivity index (χ4n) is 5.28. The largest absolute Gasteiger partial charge is 0.481 e. The van der Waals surface area contributed by atoms with E-state index in [9.17, 15) is 15.2 Å². The highest BCUT2D eigenvalue weighted by Crippen LogP contribution is 2.44. The second kappa shape index (κ2) is 9.81. The number of para-hydroxylation sites is 1. The number of hydrogen-bond acceptors (Lipinski definition) is 5. The zero-order valence-corrected chi connectivity index (χ0v) is 19.6. The molecule has 178 valence electrons. The summed E-state index contributed by atoms with van der Waals surface area (Å²) < 4.78 is 0. The molecule has 2 aliphatic rings. The van der Waals surface area contributed by atoms with Gasteiger partial charge in [0, 0.05) is 6.54 Å². The third-order valence-corrected chi connectivity index (χ3v) is 7.49. The van der Waals surface area contributed by atoms with E-state index >= 15 is 0 Å². The summed E-state index contributed by atoms with van der Waals surface area (Å²) in [4.78, 5) is 11.8. The van der Waals surface area contributed by atoms with Gasteiger partial charge in [0.2, 0.25) is 0 Å². The molecule has 0 amide bonds. The molecular formula is C29H30N4O2. The summed E-state index contributed by atoms with van der Waals surface area (Å²) in [5.74, 6) is -0.710. The average Bonchev–Trinajstić information content (AvgIpc) is 2.86. The highest BCUT2D eigenvalue weighted by Gasteiger charge is 2.45. The molecule has 0 radical (unpaired) electrons. The van der Waals surface area contributed by atoms with Gasteiger partial charge >= 0.3 is 5.97 Å². The van der Waals surface area contributed by atoms with E-state index in [2.05, 4.69) is 46.3 Å². The summed E-state index contributed by atoms with van der Waals surface area (Å²) in [6.45, 7) is 1.51. The Morgan fingerprint density at radius 1 is 1.09 bits per heavy atom. The third kappa shape index (κ3) is 4.48. The Bertz CT molecular complexity index is 1230. The van der Waals surface area contributed by atoms with Crippen molar-refractivity contribution in [3.05, 3.63) is 95.1 Å². The molecule has 35 heavy (non-hydrogen) atoms. The van der Waals surface area contributed by atoms with Crippen LogP contribution in [0.5, 0.6) is 0 Å². The first-order chi connectivity index (χ1) is 17.1. The van der Waals surface area contributed by atoms with Gasteiger partial charge in [-0.25, -0.2) is 0 Å². The molecule has 1 fully saturated rings. The molecule has 1 heterocycles. The molecule has 0 spiro atoms. The molecule has 0 unspecified atom stereocenters. The van der Waals surface area contributed by atoms with Gasteiger partial charge in [0.25, 0.3) is 0 Å². The summed E-state index contributed by atoms with van der Waals surface area (Å²) >= 11 is 0. The van der Waals surface area contributed by atoms with Crippen LogP contribution in [0.2, 0.25) is 0 Å². The second-order valence-electron chi connectivity index (χ2n) is 9.50. The number of nitrogens with one attached hydrogen (secondary N) is 3. The van der Waals surface area contributed by atoms with E-state index in [0.29, 0.717) is 5.56 Å². The van der Waals surface area contributed by atoms with Crippen LogP contribution in [0.1, 0.15) is 47.6 Å². The number of anilines is 2. The molecule has 3 aromatic carbocycles. The van der Waals surface area contributed by atoms with Crippen molar-refractivity contribution in [1.29, 1.82) is 5.26 Å². The zero-order chi connectivity index (χ0) is 24.3. The van der Waals surface area contributed by atoms with E-state index in [-0.39, 0.29) is 12.1 Å². The van der Waals surface area contributed by atoms with E-state index in [0.717, 1.165) is 55.7 Å². The minimum Gasteiger partial charge on any atom is -0.481 e. The van der Waals surface area contributed by atoms with Crippen LogP contribution in [0.3, 0.4) is 0 Å². The van der Waals surface area contributed by atoms with Crippen molar-refractivity contribution >= 4 is 17.3 Å². The Morgan fingerprint density at radius 3 is 2.51 bits per heavy atom. The van der Waals surface area contributed by atoms with E-state index in [4.69, 9.17) is 0 Å². The molecule has 6 heteroatoms. The first-order valence-electron chi connectivity index (χ1n) is 12.3. The number of carboxylic acid groups (broad SMARTS) is 1. The third-order valence-electron chi connectivity index (χ3n) is 7.49. The van der Waals surface area contributed by atoms with Gasteiger partial charge in [0.15, 0.2) is 0 Å². The number of nitrogens with zero attached hydrogens (tertiary/aromatic N) is 1. The molecular weight excluding hydrogens is 436 g/mol. The molecule has 5 rings (SSSR count). The maximum atomic E-state index is 11.8. The monoisotopic (exact) mass is 466 g/mol. The minimum atomic E-state index is -0.710. The molecule has 0 aromatic heterocycles. The van der Waals surface area contributed by atoms with Gasteiger partial charge in [-0.3, -0.25) is 4.79 Å². The lowest BCUT2D eigenvalue weighted by molar-refractivity contribution is -0.147. The Balaban J connectivity index is 1.28. The Hall–Kier alpha value is -3.82. The summed E-state index contributed by atoms with van der Waals surface area (Å²) in [6.07, 6.45) is 3.26. The lowest BCUT2D eigenvalue weighted by Crippen LogP contribution is -2.44. The lowest BCUT2D eigenvalue weighted by Gasteiger charge is -2.38. The molecule has 6 nitrogen and oxygen atoms in total. The van der Waals surface area contributed by atoms with Gasteiger partial charge < -0.3 is 21.1 Å². The predicted octanol–water partition coefficient (Wildman–Crippen LogP) is 4.84. The lowest BCUT2D eigenvalue weighted by atomic mass is 9.64. The maximum Gasteiger partial charge on any atom is 0.314 e. The molecule has 1 aliphatic carbocycles. The first-order valence-corrected chi connectivity index (χ1v) is 12.3. The quantitative estimate of drug-likeness (QED) is 0.379. The van der Waals surface area contributed by atoms with Crippen molar-refractivity contribution in [1.82, 2.24) is 5.32 Å². The maximum absolute atomic E-state index is 11.8. The van der Waals surface area contributed by atoms with Crippen molar-refractivity contribution in [3.8, 4) is 6.07 Å². The van der Waals surface area contributed by atoms with Crippen molar-refractivity contribution in [2.45, 2.75) is 43.2 Å². The smallest absolute Gasteiger partial charge is 0.314 e. The van der Waals surface area contributed by atoms with Crippen molar-refractivity contribution in [2.24, 2.45) is 0 Å².